The van der Waals surface area contributed by atoms with Gasteiger partial charge in [-0.3, -0.25) is 18.8 Å². The van der Waals surface area contributed by atoms with Crippen LogP contribution in [0.4, 0.5) is 5.69 Å². The number of carbonyl (C=O) groups is 2. The minimum atomic E-state index is -0.320. The minimum absolute atomic E-state index is 0.0790. The second-order valence-electron chi connectivity index (χ2n) is 7.19. The summed E-state index contributed by atoms with van der Waals surface area (Å²) in [6.45, 7) is 0.951. The Morgan fingerprint density at radius 2 is 1.93 bits per heavy atom. The number of fused-ring (bicyclic) bond motifs is 1. The Labute approximate surface area is 173 Å². The molecule has 8 nitrogen and oxygen atoms in total. The van der Waals surface area contributed by atoms with Gasteiger partial charge in [0.1, 0.15) is 17.1 Å². The number of rotatable bonds is 4. The van der Waals surface area contributed by atoms with Crippen LogP contribution < -0.4 is 15.6 Å². The van der Waals surface area contributed by atoms with Crippen molar-refractivity contribution in [2.24, 2.45) is 5.92 Å². The van der Waals surface area contributed by atoms with Crippen molar-refractivity contribution in [2.45, 2.75) is 12.8 Å². The van der Waals surface area contributed by atoms with E-state index in [1.807, 2.05) is 0 Å². The van der Waals surface area contributed by atoms with Gasteiger partial charge >= 0.3 is 0 Å². The summed E-state index contributed by atoms with van der Waals surface area (Å²) in [6, 6.07) is 12.3. The number of aromatic nitrogens is 2. The number of hydrogen-bond acceptors (Lipinski definition) is 5. The van der Waals surface area contributed by atoms with Crippen molar-refractivity contribution in [3.8, 4) is 5.75 Å². The number of carbonyl (C=O) groups excluding carboxylic acids is 2. The Morgan fingerprint density at radius 1 is 1.13 bits per heavy atom. The van der Waals surface area contributed by atoms with Gasteiger partial charge in [-0.15, -0.1) is 0 Å². The molecule has 1 aromatic carbocycles. The van der Waals surface area contributed by atoms with Crippen molar-refractivity contribution in [3.63, 3.8) is 0 Å². The van der Waals surface area contributed by atoms with Crippen LogP contribution >= 0.6 is 0 Å². The van der Waals surface area contributed by atoms with Gasteiger partial charge in [-0.25, -0.2) is 4.98 Å². The lowest BCUT2D eigenvalue weighted by Gasteiger charge is -2.31. The number of pyridine rings is 1. The first-order chi connectivity index (χ1) is 14.6. The van der Waals surface area contributed by atoms with Crippen LogP contribution in [0.2, 0.25) is 0 Å². The lowest BCUT2D eigenvalue weighted by molar-refractivity contribution is -0.121. The number of amides is 2. The molecular formula is C22H22N4O4. The quantitative estimate of drug-likeness (QED) is 0.717. The average Bonchev–Trinajstić information content (AvgIpc) is 2.80. The van der Waals surface area contributed by atoms with E-state index in [0.29, 0.717) is 42.9 Å². The van der Waals surface area contributed by atoms with Gasteiger partial charge in [0.25, 0.3) is 11.5 Å². The van der Waals surface area contributed by atoms with Crippen molar-refractivity contribution in [1.82, 2.24) is 14.3 Å². The van der Waals surface area contributed by atoms with Crippen molar-refractivity contribution >= 4 is 23.1 Å². The zero-order valence-electron chi connectivity index (χ0n) is 16.6. The summed E-state index contributed by atoms with van der Waals surface area (Å²) in [6.07, 6.45) is 4.06. The number of likely N-dealkylation sites (tertiary alicyclic amines) is 1. The summed E-state index contributed by atoms with van der Waals surface area (Å²) in [5.41, 5.74) is 0.913. The largest absolute Gasteiger partial charge is 0.497 e. The molecule has 2 amide bonds. The molecule has 1 N–H and O–H groups in total. The number of piperidine rings is 1. The molecule has 154 valence electrons. The van der Waals surface area contributed by atoms with E-state index in [1.54, 1.807) is 60.7 Å². The van der Waals surface area contributed by atoms with Gasteiger partial charge in [-0.1, -0.05) is 12.1 Å². The maximum Gasteiger partial charge on any atom is 0.281 e. The number of anilines is 1. The summed E-state index contributed by atoms with van der Waals surface area (Å²) in [4.78, 5) is 43.9. The van der Waals surface area contributed by atoms with Gasteiger partial charge in [0.2, 0.25) is 5.91 Å². The van der Waals surface area contributed by atoms with Crippen LogP contribution in [0.5, 0.6) is 5.75 Å². The monoisotopic (exact) mass is 406 g/mol. The van der Waals surface area contributed by atoms with E-state index >= 15 is 0 Å². The minimum Gasteiger partial charge on any atom is -0.497 e. The van der Waals surface area contributed by atoms with Crippen LogP contribution in [-0.4, -0.2) is 46.3 Å². The topological polar surface area (TPSA) is 93.0 Å². The highest BCUT2D eigenvalue weighted by Gasteiger charge is 2.28. The molecule has 4 rings (SSSR count). The zero-order chi connectivity index (χ0) is 21.1. The molecule has 0 spiro atoms. The molecule has 3 heterocycles. The molecule has 30 heavy (non-hydrogen) atoms. The molecule has 8 heteroatoms. The highest BCUT2D eigenvalue weighted by molar-refractivity contribution is 5.95. The molecule has 0 unspecified atom stereocenters. The van der Waals surface area contributed by atoms with Crippen LogP contribution in [0.15, 0.2) is 59.7 Å². The number of ether oxygens (including phenoxy) is 1. The third-order valence-electron chi connectivity index (χ3n) is 5.34. The van der Waals surface area contributed by atoms with Crippen LogP contribution in [-0.2, 0) is 4.79 Å². The predicted octanol–water partition coefficient (Wildman–Crippen LogP) is 2.19. The maximum atomic E-state index is 12.7. The van der Waals surface area contributed by atoms with Crippen LogP contribution in [0.3, 0.4) is 0 Å². The summed E-state index contributed by atoms with van der Waals surface area (Å²) in [7, 11) is 1.56. The first kappa shape index (κ1) is 19.6. The van der Waals surface area contributed by atoms with Crippen molar-refractivity contribution in [3.05, 3.63) is 70.8 Å². The van der Waals surface area contributed by atoms with E-state index < -0.39 is 0 Å². The van der Waals surface area contributed by atoms with E-state index in [2.05, 4.69) is 10.3 Å². The molecule has 1 aliphatic heterocycles. The molecular weight excluding hydrogens is 384 g/mol. The number of methoxy groups -OCH3 is 1. The molecule has 1 aliphatic rings. The van der Waals surface area contributed by atoms with Crippen molar-refractivity contribution in [2.75, 3.05) is 25.5 Å². The molecule has 0 radical (unpaired) electrons. The fourth-order valence-electron chi connectivity index (χ4n) is 3.63. The first-order valence-electron chi connectivity index (χ1n) is 9.77. The highest BCUT2D eigenvalue weighted by atomic mass is 16.5. The Kier molecular flexibility index (Phi) is 5.47. The average molecular weight is 406 g/mol. The molecule has 1 saturated heterocycles. The normalized spacial score (nSPS) is 14.5. The first-order valence-corrected chi connectivity index (χ1v) is 9.77. The van der Waals surface area contributed by atoms with Gasteiger partial charge < -0.3 is 15.0 Å². The van der Waals surface area contributed by atoms with Crippen LogP contribution in [0.1, 0.15) is 23.2 Å². The third kappa shape index (κ3) is 3.89. The van der Waals surface area contributed by atoms with Crippen LogP contribution in [0.25, 0.3) is 5.65 Å². The van der Waals surface area contributed by atoms with Crippen molar-refractivity contribution < 1.29 is 14.3 Å². The molecule has 0 saturated carbocycles. The summed E-state index contributed by atoms with van der Waals surface area (Å²) >= 11 is 0. The van der Waals surface area contributed by atoms with Gasteiger partial charge in [-0.2, -0.15) is 0 Å². The number of nitrogens with zero attached hydrogens (tertiary/aromatic N) is 3. The van der Waals surface area contributed by atoms with Crippen molar-refractivity contribution in [1.29, 1.82) is 0 Å². The number of nitrogens with one attached hydrogen (secondary N) is 1. The smallest absolute Gasteiger partial charge is 0.281 e. The molecule has 0 atom stereocenters. The van der Waals surface area contributed by atoms with E-state index in [0.717, 1.165) is 0 Å². The number of benzene rings is 1. The summed E-state index contributed by atoms with van der Waals surface area (Å²) in [5.74, 6) is 0.0589. The van der Waals surface area contributed by atoms with Gasteiger partial charge in [-0.05, 0) is 43.2 Å². The lowest BCUT2D eigenvalue weighted by atomic mass is 9.95. The van der Waals surface area contributed by atoms with E-state index in [-0.39, 0.29) is 29.0 Å². The van der Waals surface area contributed by atoms with Crippen LogP contribution in [0, 0.1) is 5.92 Å². The summed E-state index contributed by atoms with van der Waals surface area (Å²) < 4.78 is 6.57. The van der Waals surface area contributed by atoms with E-state index in [1.165, 1.54) is 10.6 Å². The number of hydrogen-bond donors (Lipinski definition) is 1. The molecule has 0 aliphatic carbocycles. The Hall–Kier alpha value is -3.68. The lowest BCUT2D eigenvalue weighted by Crippen LogP contribution is -2.41. The highest BCUT2D eigenvalue weighted by Crippen LogP contribution is 2.22. The molecule has 0 bridgehead atoms. The maximum absolute atomic E-state index is 12.7. The second-order valence-corrected chi connectivity index (χ2v) is 7.19. The van der Waals surface area contributed by atoms with E-state index in [4.69, 9.17) is 4.74 Å². The Balaban J connectivity index is 1.39. The van der Waals surface area contributed by atoms with Gasteiger partial charge in [0.15, 0.2) is 0 Å². The fourth-order valence-corrected chi connectivity index (χ4v) is 3.63. The fraction of sp³-hybridized carbons (Fsp3) is 0.273. The third-order valence-corrected chi connectivity index (χ3v) is 5.34. The van der Waals surface area contributed by atoms with E-state index in [9.17, 15) is 14.4 Å². The summed E-state index contributed by atoms with van der Waals surface area (Å²) in [5, 5.41) is 2.71. The predicted molar refractivity (Wildman–Crippen MR) is 112 cm³/mol. The Morgan fingerprint density at radius 3 is 2.70 bits per heavy atom. The molecule has 1 fully saturated rings. The second kappa shape index (κ2) is 8.36. The van der Waals surface area contributed by atoms with Gasteiger partial charge in [0.05, 0.1) is 13.3 Å². The molecule has 3 aromatic rings. The Bertz CT molecular complexity index is 1150. The van der Waals surface area contributed by atoms with Gasteiger partial charge in [0, 0.05) is 30.8 Å². The SMILES string of the molecule is COc1cccc(C(=O)N2CCC(C(=O)Nc3cnc4ccccn4c3=O)CC2)c1. The molecule has 2 aromatic heterocycles. The standard InChI is InChI=1S/C22H22N4O4/c1-30-17-6-4-5-16(13-17)21(28)25-11-8-15(9-12-25)20(27)24-18-14-23-19-7-2-3-10-26(19)22(18)29/h2-7,10,13-15H,8-9,11-12H2,1H3,(H,24,27). The zero-order valence-corrected chi connectivity index (χ0v) is 16.6.